The normalized spacial score (nSPS) is 13.2. The highest BCUT2D eigenvalue weighted by Crippen LogP contribution is 2.40. The van der Waals surface area contributed by atoms with Gasteiger partial charge < -0.3 is 24.4 Å². The van der Waals surface area contributed by atoms with Crippen LogP contribution in [0.1, 0.15) is 11.1 Å². The largest absolute Gasteiger partial charge is 0.493 e. The van der Waals surface area contributed by atoms with Crippen LogP contribution in [0, 0.1) is 15.9 Å². The summed E-state index contributed by atoms with van der Waals surface area (Å²) in [7, 11) is 1.33. The lowest BCUT2D eigenvalue weighted by Crippen LogP contribution is -2.37. The van der Waals surface area contributed by atoms with E-state index in [2.05, 4.69) is 30.8 Å². The Balaban J connectivity index is 0.00000480. The SMILES string of the molecule is COc1cc(/C=N/Nc2nc(Nc3ccc(F)cc3)nc(N3CCOCC3)n2)ccc1Oc1ccc(C(F)(F)F)cc1[N+](=O)[O-].Cl. The first-order chi connectivity index (χ1) is 21.6. The summed E-state index contributed by atoms with van der Waals surface area (Å²) in [5.41, 5.74) is 1.77. The summed E-state index contributed by atoms with van der Waals surface area (Å²) in [6, 6.07) is 12.1. The topological polar surface area (TPSA) is 149 Å². The second kappa shape index (κ2) is 14.7. The number of benzene rings is 3. The van der Waals surface area contributed by atoms with Crippen LogP contribution in [-0.2, 0) is 10.9 Å². The number of nitrogens with zero attached hydrogens (tertiary/aromatic N) is 6. The fraction of sp³-hybridized carbons (Fsp3) is 0.214. The molecule has 0 bridgehead atoms. The van der Waals surface area contributed by atoms with E-state index in [0.29, 0.717) is 55.6 Å². The Morgan fingerprint density at radius 1 is 0.978 bits per heavy atom. The van der Waals surface area contributed by atoms with Crippen molar-refractivity contribution in [3.8, 4) is 17.2 Å². The molecule has 0 saturated carbocycles. The zero-order valence-electron chi connectivity index (χ0n) is 23.8. The molecule has 2 heterocycles. The van der Waals surface area contributed by atoms with Crippen molar-refractivity contribution in [3.05, 3.63) is 87.7 Å². The van der Waals surface area contributed by atoms with Crippen LogP contribution in [-0.4, -0.2) is 59.5 Å². The molecular formula is C28H25ClF4N8O5. The molecule has 1 saturated heterocycles. The first-order valence-corrected chi connectivity index (χ1v) is 13.2. The van der Waals surface area contributed by atoms with Crippen molar-refractivity contribution < 1.29 is 36.7 Å². The molecule has 1 aliphatic rings. The van der Waals surface area contributed by atoms with Crippen molar-refractivity contribution >= 4 is 47.8 Å². The number of nitro benzene ring substituents is 1. The van der Waals surface area contributed by atoms with Crippen LogP contribution < -0.4 is 25.1 Å². The number of morpholine rings is 1. The van der Waals surface area contributed by atoms with E-state index in [9.17, 15) is 27.7 Å². The molecule has 5 rings (SSSR count). The number of aromatic nitrogens is 3. The van der Waals surface area contributed by atoms with Crippen molar-refractivity contribution in [2.24, 2.45) is 5.10 Å². The molecule has 18 heteroatoms. The molecule has 2 N–H and O–H groups in total. The molecular weight excluding hydrogens is 640 g/mol. The summed E-state index contributed by atoms with van der Waals surface area (Å²) < 4.78 is 68.8. The molecule has 1 aliphatic heterocycles. The van der Waals surface area contributed by atoms with Crippen molar-refractivity contribution in [2.45, 2.75) is 6.18 Å². The minimum absolute atomic E-state index is 0. The highest BCUT2D eigenvalue weighted by atomic mass is 35.5. The van der Waals surface area contributed by atoms with Crippen molar-refractivity contribution in [1.82, 2.24) is 15.0 Å². The molecule has 46 heavy (non-hydrogen) atoms. The van der Waals surface area contributed by atoms with Crippen LogP contribution in [0.2, 0.25) is 0 Å². The highest BCUT2D eigenvalue weighted by molar-refractivity contribution is 5.85. The predicted molar refractivity (Wildman–Crippen MR) is 162 cm³/mol. The average Bonchev–Trinajstić information content (AvgIpc) is 3.02. The number of hydrogen-bond donors (Lipinski definition) is 2. The summed E-state index contributed by atoms with van der Waals surface area (Å²) in [4.78, 5) is 25.6. The number of hydrogen-bond acceptors (Lipinski definition) is 12. The summed E-state index contributed by atoms with van der Waals surface area (Å²) in [5.74, 6) is 0.0361. The maximum Gasteiger partial charge on any atom is 0.416 e. The smallest absolute Gasteiger partial charge is 0.416 e. The van der Waals surface area contributed by atoms with Gasteiger partial charge in [0.15, 0.2) is 11.5 Å². The van der Waals surface area contributed by atoms with E-state index in [-0.39, 0.29) is 41.6 Å². The number of alkyl halides is 3. The Kier molecular flexibility index (Phi) is 10.7. The van der Waals surface area contributed by atoms with Crippen LogP contribution in [0.25, 0.3) is 0 Å². The second-order valence-corrected chi connectivity index (χ2v) is 9.33. The maximum absolute atomic E-state index is 13.4. The number of nitrogens with one attached hydrogen (secondary N) is 2. The standard InChI is InChI=1S/C28H24F4N8O5.ClH/c1-43-24-14-17(2-8-23(24)45-22-9-3-18(28(30,31)32)15-21(22)40(41)42)16-33-38-26-35-25(34-20-6-4-19(29)5-7-20)36-27(37-26)39-10-12-44-13-11-39;/h2-9,14-16H,10-13H2,1H3,(H2,34,35,36,37,38);1H/b33-16+;. The van der Waals surface area contributed by atoms with E-state index < -0.39 is 28.1 Å². The summed E-state index contributed by atoms with van der Waals surface area (Å²) in [6.07, 6.45) is -3.35. The van der Waals surface area contributed by atoms with E-state index in [1.165, 1.54) is 49.7 Å². The minimum Gasteiger partial charge on any atom is -0.493 e. The Morgan fingerprint density at radius 3 is 2.35 bits per heavy atom. The lowest BCUT2D eigenvalue weighted by molar-refractivity contribution is -0.385. The van der Waals surface area contributed by atoms with E-state index in [1.54, 1.807) is 6.07 Å². The van der Waals surface area contributed by atoms with E-state index >= 15 is 0 Å². The molecule has 3 aromatic carbocycles. The molecule has 13 nitrogen and oxygen atoms in total. The van der Waals surface area contributed by atoms with Gasteiger partial charge in [0.1, 0.15) is 5.82 Å². The van der Waals surface area contributed by atoms with Crippen LogP contribution >= 0.6 is 12.4 Å². The number of halogens is 5. The molecule has 0 spiro atoms. The Labute approximate surface area is 264 Å². The zero-order valence-corrected chi connectivity index (χ0v) is 24.6. The number of methoxy groups -OCH3 is 1. The van der Waals surface area contributed by atoms with Gasteiger partial charge in [-0.3, -0.25) is 10.1 Å². The molecule has 0 unspecified atom stereocenters. The number of anilines is 4. The monoisotopic (exact) mass is 664 g/mol. The molecule has 4 aromatic rings. The van der Waals surface area contributed by atoms with Gasteiger partial charge in [-0.05, 0) is 60.2 Å². The highest BCUT2D eigenvalue weighted by Gasteiger charge is 2.33. The van der Waals surface area contributed by atoms with Gasteiger partial charge >= 0.3 is 11.9 Å². The van der Waals surface area contributed by atoms with E-state index in [0.717, 1.165) is 6.07 Å². The minimum atomic E-state index is -4.76. The molecule has 0 aliphatic carbocycles. The number of ether oxygens (including phenoxy) is 3. The van der Waals surface area contributed by atoms with E-state index in [4.69, 9.17) is 14.2 Å². The maximum atomic E-state index is 13.4. The van der Waals surface area contributed by atoms with Gasteiger partial charge in [0.05, 0.1) is 37.0 Å². The van der Waals surface area contributed by atoms with Gasteiger partial charge in [-0.1, -0.05) is 0 Å². The predicted octanol–water partition coefficient (Wildman–Crippen LogP) is 6.19. The number of nitro groups is 1. The van der Waals surface area contributed by atoms with Crippen molar-refractivity contribution in [2.75, 3.05) is 49.1 Å². The van der Waals surface area contributed by atoms with Gasteiger partial charge in [-0.25, -0.2) is 9.82 Å². The Morgan fingerprint density at radius 2 is 1.67 bits per heavy atom. The molecule has 1 aromatic heterocycles. The molecule has 0 amide bonds. The molecule has 1 fully saturated rings. The lowest BCUT2D eigenvalue weighted by Gasteiger charge is -2.27. The first kappa shape index (κ1) is 33.6. The lowest BCUT2D eigenvalue weighted by atomic mass is 10.1. The second-order valence-electron chi connectivity index (χ2n) is 9.33. The number of rotatable bonds is 10. The third-order valence-electron chi connectivity index (χ3n) is 6.29. The summed E-state index contributed by atoms with van der Waals surface area (Å²) >= 11 is 0. The Hall–Kier alpha value is -5.29. The van der Waals surface area contributed by atoms with Crippen LogP contribution in [0.15, 0.2) is 65.8 Å². The summed E-state index contributed by atoms with van der Waals surface area (Å²) in [6.45, 7) is 2.13. The van der Waals surface area contributed by atoms with Gasteiger partial charge in [0, 0.05) is 24.8 Å². The molecule has 0 radical (unpaired) electrons. The average molecular weight is 665 g/mol. The fourth-order valence-corrected chi connectivity index (χ4v) is 4.09. The quantitative estimate of drug-likeness (QED) is 0.0865. The number of hydrazone groups is 1. The van der Waals surface area contributed by atoms with Gasteiger partial charge in [-0.15, -0.1) is 12.4 Å². The van der Waals surface area contributed by atoms with Gasteiger partial charge in [-0.2, -0.15) is 33.2 Å². The molecule has 0 atom stereocenters. The summed E-state index contributed by atoms with van der Waals surface area (Å²) in [5, 5.41) is 18.6. The first-order valence-electron chi connectivity index (χ1n) is 13.2. The van der Waals surface area contributed by atoms with Crippen LogP contribution in [0.5, 0.6) is 17.2 Å². The van der Waals surface area contributed by atoms with E-state index in [1.807, 2.05) is 4.90 Å². The van der Waals surface area contributed by atoms with Crippen LogP contribution in [0.3, 0.4) is 0 Å². The van der Waals surface area contributed by atoms with Crippen molar-refractivity contribution in [3.63, 3.8) is 0 Å². The zero-order chi connectivity index (χ0) is 32.0. The third kappa shape index (κ3) is 8.45. The van der Waals surface area contributed by atoms with Crippen LogP contribution in [0.4, 0.5) is 46.8 Å². The molecule has 242 valence electrons. The fourth-order valence-electron chi connectivity index (χ4n) is 4.09. The Bertz CT molecular complexity index is 1710. The van der Waals surface area contributed by atoms with Gasteiger partial charge in [0.25, 0.3) is 0 Å². The third-order valence-corrected chi connectivity index (χ3v) is 6.29. The van der Waals surface area contributed by atoms with Crippen molar-refractivity contribution in [1.29, 1.82) is 0 Å². The van der Waals surface area contributed by atoms with Gasteiger partial charge in [0.2, 0.25) is 23.6 Å².